The number of rotatable bonds is 3. The first-order chi connectivity index (χ1) is 6.56. The Labute approximate surface area is 89.9 Å². The number of aromatic nitrogens is 1. The first-order valence-electron chi connectivity index (χ1n) is 4.64. The molecule has 0 radical (unpaired) electrons. The van der Waals surface area contributed by atoms with E-state index in [-0.39, 0.29) is 0 Å². The van der Waals surface area contributed by atoms with Crippen molar-refractivity contribution in [3.8, 4) is 0 Å². The zero-order chi connectivity index (χ0) is 10.7. The molecule has 0 spiro atoms. The number of nitrogens with two attached hydrogens (primary N) is 1. The zero-order valence-electron chi connectivity index (χ0n) is 8.79. The highest BCUT2D eigenvalue weighted by Crippen LogP contribution is 2.19. The molecule has 0 amide bonds. The molecule has 1 rings (SSSR count). The maximum absolute atomic E-state index is 5.92. The monoisotopic (exact) mass is 213 g/mol. The minimum atomic E-state index is 0.374. The Kier molecular flexibility index (Phi) is 3.72. The highest BCUT2D eigenvalue weighted by atomic mass is 35.5. The molecule has 0 aliphatic rings. The van der Waals surface area contributed by atoms with Crippen LogP contribution in [0.4, 0.5) is 5.82 Å². The molecule has 0 fully saturated rings. The topological polar surface area (TPSA) is 42.1 Å². The molecular weight excluding hydrogens is 198 g/mol. The Morgan fingerprint density at radius 1 is 1.50 bits per heavy atom. The maximum atomic E-state index is 5.92. The Balaban J connectivity index is 3.00. The van der Waals surface area contributed by atoms with Gasteiger partial charge >= 0.3 is 0 Å². The molecule has 1 aromatic heterocycles. The van der Waals surface area contributed by atoms with Crippen molar-refractivity contribution in [3.63, 3.8) is 0 Å². The second-order valence-corrected chi connectivity index (χ2v) is 3.91. The number of halogens is 1. The van der Waals surface area contributed by atoms with E-state index in [4.69, 9.17) is 17.3 Å². The molecular formula is C10H16ClN3. The van der Waals surface area contributed by atoms with Gasteiger partial charge in [-0.25, -0.2) is 4.98 Å². The summed E-state index contributed by atoms with van der Waals surface area (Å²) in [5.41, 5.74) is 6.28. The molecule has 0 atom stereocenters. The molecule has 2 N–H and O–H groups in total. The normalized spacial score (nSPS) is 10.7. The van der Waals surface area contributed by atoms with Gasteiger partial charge in [0.1, 0.15) is 5.82 Å². The van der Waals surface area contributed by atoms with Gasteiger partial charge in [0.2, 0.25) is 0 Å². The van der Waals surface area contributed by atoms with Crippen LogP contribution < -0.4 is 10.6 Å². The summed E-state index contributed by atoms with van der Waals surface area (Å²) >= 11 is 5.92. The van der Waals surface area contributed by atoms with E-state index < -0.39 is 0 Å². The number of hydrogen-bond donors (Lipinski definition) is 1. The summed E-state index contributed by atoms with van der Waals surface area (Å²) in [5, 5.41) is 0.633. The van der Waals surface area contributed by atoms with Crippen molar-refractivity contribution in [1.82, 2.24) is 4.98 Å². The van der Waals surface area contributed by atoms with Gasteiger partial charge in [-0.05, 0) is 26.0 Å². The van der Waals surface area contributed by atoms with Crippen LogP contribution in [-0.4, -0.2) is 18.1 Å². The quantitative estimate of drug-likeness (QED) is 0.836. The lowest BCUT2D eigenvalue weighted by atomic mass is 10.3. The molecule has 14 heavy (non-hydrogen) atoms. The largest absolute Gasteiger partial charge is 0.357 e. The predicted molar refractivity (Wildman–Crippen MR) is 60.7 cm³/mol. The van der Waals surface area contributed by atoms with Gasteiger partial charge in [0.05, 0.1) is 10.7 Å². The Bertz CT molecular complexity index is 312. The van der Waals surface area contributed by atoms with E-state index in [1.54, 1.807) is 0 Å². The summed E-state index contributed by atoms with van der Waals surface area (Å²) in [7, 11) is 2.00. The minimum absolute atomic E-state index is 0.374. The third-order valence-electron chi connectivity index (χ3n) is 2.23. The SMILES string of the molecule is CC(C)N(C)c1ccc(Cl)c(CN)n1. The summed E-state index contributed by atoms with van der Waals surface area (Å²) in [6.07, 6.45) is 0. The summed E-state index contributed by atoms with van der Waals surface area (Å²) in [4.78, 5) is 6.46. The molecule has 0 unspecified atom stereocenters. The maximum Gasteiger partial charge on any atom is 0.128 e. The number of nitrogens with zero attached hydrogens (tertiary/aromatic N) is 2. The van der Waals surface area contributed by atoms with Gasteiger partial charge in [-0.15, -0.1) is 0 Å². The number of pyridine rings is 1. The van der Waals surface area contributed by atoms with Crippen molar-refractivity contribution in [2.75, 3.05) is 11.9 Å². The van der Waals surface area contributed by atoms with Gasteiger partial charge in [-0.3, -0.25) is 0 Å². The summed E-state index contributed by atoms with van der Waals surface area (Å²) < 4.78 is 0. The Morgan fingerprint density at radius 3 is 2.64 bits per heavy atom. The smallest absolute Gasteiger partial charge is 0.128 e. The fourth-order valence-electron chi connectivity index (χ4n) is 1.08. The van der Waals surface area contributed by atoms with Gasteiger partial charge in [0, 0.05) is 19.6 Å². The van der Waals surface area contributed by atoms with Crippen LogP contribution in [0.5, 0.6) is 0 Å². The zero-order valence-corrected chi connectivity index (χ0v) is 9.54. The number of hydrogen-bond acceptors (Lipinski definition) is 3. The lowest BCUT2D eigenvalue weighted by Crippen LogP contribution is -2.26. The average Bonchev–Trinajstić information content (AvgIpc) is 2.17. The van der Waals surface area contributed by atoms with E-state index >= 15 is 0 Å². The van der Waals surface area contributed by atoms with Crippen LogP contribution in [0, 0.1) is 0 Å². The van der Waals surface area contributed by atoms with Crippen LogP contribution in [0.2, 0.25) is 5.02 Å². The third-order valence-corrected chi connectivity index (χ3v) is 2.58. The molecule has 0 aliphatic heterocycles. The molecule has 3 nitrogen and oxygen atoms in total. The van der Waals surface area contributed by atoms with Crippen LogP contribution >= 0.6 is 11.6 Å². The lowest BCUT2D eigenvalue weighted by Gasteiger charge is -2.23. The van der Waals surface area contributed by atoms with Crippen molar-refractivity contribution in [2.45, 2.75) is 26.4 Å². The van der Waals surface area contributed by atoms with E-state index in [1.807, 2.05) is 19.2 Å². The molecule has 0 bridgehead atoms. The van der Waals surface area contributed by atoms with E-state index in [2.05, 4.69) is 23.7 Å². The summed E-state index contributed by atoms with van der Waals surface area (Å²) in [6, 6.07) is 4.15. The van der Waals surface area contributed by atoms with E-state index in [9.17, 15) is 0 Å². The van der Waals surface area contributed by atoms with Crippen molar-refractivity contribution in [2.24, 2.45) is 5.73 Å². The summed E-state index contributed by atoms with van der Waals surface area (Å²) in [6.45, 7) is 4.59. The first-order valence-corrected chi connectivity index (χ1v) is 5.02. The molecule has 0 aromatic carbocycles. The van der Waals surface area contributed by atoms with Crippen LogP contribution in [0.1, 0.15) is 19.5 Å². The van der Waals surface area contributed by atoms with Gasteiger partial charge in [-0.2, -0.15) is 0 Å². The number of anilines is 1. The van der Waals surface area contributed by atoms with Crippen molar-refractivity contribution in [3.05, 3.63) is 22.8 Å². The Morgan fingerprint density at radius 2 is 2.14 bits per heavy atom. The third kappa shape index (κ3) is 2.36. The van der Waals surface area contributed by atoms with Crippen molar-refractivity contribution >= 4 is 17.4 Å². The van der Waals surface area contributed by atoms with E-state index in [0.29, 0.717) is 17.6 Å². The van der Waals surface area contributed by atoms with Gasteiger partial charge in [0.25, 0.3) is 0 Å². The van der Waals surface area contributed by atoms with Gasteiger partial charge in [0.15, 0.2) is 0 Å². The highest BCUT2D eigenvalue weighted by molar-refractivity contribution is 6.31. The molecule has 1 heterocycles. The van der Waals surface area contributed by atoms with Crippen LogP contribution in [0.15, 0.2) is 12.1 Å². The highest BCUT2D eigenvalue weighted by Gasteiger charge is 2.08. The van der Waals surface area contributed by atoms with Gasteiger partial charge in [-0.1, -0.05) is 11.6 Å². The van der Waals surface area contributed by atoms with E-state index in [0.717, 1.165) is 11.5 Å². The summed E-state index contributed by atoms with van der Waals surface area (Å²) in [5.74, 6) is 0.907. The second kappa shape index (κ2) is 4.62. The van der Waals surface area contributed by atoms with Crippen molar-refractivity contribution in [1.29, 1.82) is 0 Å². The second-order valence-electron chi connectivity index (χ2n) is 3.51. The van der Waals surface area contributed by atoms with Crippen LogP contribution in [-0.2, 0) is 6.54 Å². The average molecular weight is 214 g/mol. The fourth-order valence-corrected chi connectivity index (χ4v) is 1.26. The molecule has 78 valence electrons. The molecule has 4 heteroatoms. The predicted octanol–water partition coefficient (Wildman–Crippen LogP) is 2.04. The minimum Gasteiger partial charge on any atom is -0.357 e. The molecule has 0 saturated carbocycles. The Hall–Kier alpha value is -0.800. The van der Waals surface area contributed by atoms with Crippen molar-refractivity contribution < 1.29 is 0 Å². The lowest BCUT2D eigenvalue weighted by molar-refractivity contribution is 0.739. The molecule has 0 aliphatic carbocycles. The molecule has 1 aromatic rings. The van der Waals surface area contributed by atoms with E-state index in [1.165, 1.54) is 0 Å². The first kappa shape index (κ1) is 11.3. The van der Waals surface area contributed by atoms with Crippen LogP contribution in [0.25, 0.3) is 0 Å². The standard InChI is InChI=1S/C10H16ClN3/c1-7(2)14(3)10-5-4-8(11)9(6-12)13-10/h4-5,7H,6,12H2,1-3H3. The van der Waals surface area contributed by atoms with Gasteiger partial charge < -0.3 is 10.6 Å². The van der Waals surface area contributed by atoms with Crippen LogP contribution in [0.3, 0.4) is 0 Å². The fraction of sp³-hybridized carbons (Fsp3) is 0.500. The molecule has 0 saturated heterocycles.